The van der Waals surface area contributed by atoms with E-state index in [-0.39, 0.29) is 12.1 Å². The van der Waals surface area contributed by atoms with Crippen molar-refractivity contribution in [2.45, 2.75) is 50.4 Å². The Kier molecular flexibility index (Phi) is 4.78. The molecule has 1 N–H and O–H groups in total. The molecule has 1 amide bonds. The Labute approximate surface area is 138 Å². The van der Waals surface area contributed by atoms with E-state index >= 15 is 0 Å². The van der Waals surface area contributed by atoms with Crippen LogP contribution in [0.25, 0.3) is 0 Å². The van der Waals surface area contributed by atoms with Crippen LogP contribution in [0.2, 0.25) is 0 Å². The summed E-state index contributed by atoms with van der Waals surface area (Å²) < 4.78 is 39.8. The second-order valence-corrected chi connectivity index (χ2v) is 6.28. The molecule has 0 spiro atoms. The molecule has 0 saturated heterocycles. The zero-order chi connectivity index (χ0) is 17.2. The molecule has 7 heteroatoms. The van der Waals surface area contributed by atoms with Gasteiger partial charge in [-0.1, -0.05) is 48.3 Å². The molecule has 1 aromatic carbocycles. The molecule has 1 fully saturated rings. The van der Waals surface area contributed by atoms with E-state index in [1.165, 1.54) is 0 Å². The fraction of sp³-hybridized carbons (Fsp3) is 0.529. The molecular weight excluding hydrogens is 321 g/mol. The van der Waals surface area contributed by atoms with Crippen LogP contribution in [0.15, 0.2) is 35.5 Å². The Morgan fingerprint density at radius 3 is 2.50 bits per heavy atom. The Morgan fingerprint density at radius 2 is 1.88 bits per heavy atom. The van der Waals surface area contributed by atoms with Crippen LogP contribution in [0, 0.1) is 5.92 Å². The van der Waals surface area contributed by atoms with Gasteiger partial charge in [0.05, 0.1) is 0 Å². The molecular formula is C17H19F3N2O2. The van der Waals surface area contributed by atoms with Gasteiger partial charge < -0.3 is 10.2 Å². The lowest BCUT2D eigenvalue weighted by molar-refractivity contribution is -0.170. The van der Waals surface area contributed by atoms with Crippen LogP contribution >= 0.6 is 0 Å². The van der Waals surface area contributed by atoms with E-state index in [0.717, 1.165) is 18.4 Å². The van der Waals surface area contributed by atoms with Gasteiger partial charge >= 0.3 is 6.18 Å². The molecule has 1 saturated carbocycles. The number of hydrogen-bond donors (Lipinski definition) is 1. The number of alkyl halides is 3. The number of halogens is 3. The van der Waals surface area contributed by atoms with E-state index < -0.39 is 30.1 Å². The first kappa shape index (κ1) is 16.8. The second kappa shape index (κ2) is 6.83. The van der Waals surface area contributed by atoms with Crippen molar-refractivity contribution < 1.29 is 22.8 Å². The molecule has 0 unspecified atom stereocenters. The molecule has 1 aliphatic heterocycles. The van der Waals surface area contributed by atoms with Gasteiger partial charge in [-0.3, -0.25) is 4.79 Å². The molecule has 1 heterocycles. The number of oxime groups is 1. The predicted octanol–water partition coefficient (Wildman–Crippen LogP) is 3.74. The van der Waals surface area contributed by atoms with Crippen molar-refractivity contribution in [2.75, 3.05) is 0 Å². The fourth-order valence-corrected chi connectivity index (χ4v) is 3.34. The van der Waals surface area contributed by atoms with Crippen molar-refractivity contribution in [1.29, 1.82) is 0 Å². The smallest absolute Gasteiger partial charge is 0.387 e. The van der Waals surface area contributed by atoms with Gasteiger partial charge in [0.2, 0.25) is 0 Å². The Balaban J connectivity index is 1.64. The average Bonchev–Trinajstić information content (AvgIpc) is 3.23. The zero-order valence-corrected chi connectivity index (χ0v) is 13.1. The summed E-state index contributed by atoms with van der Waals surface area (Å²) in [4.78, 5) is 17.4. The summed E-state index contributed by atoms with van der Waals surface area (Å²) in [6.45, 7) is 0. The summed E-state index contributed by atoms with van der Waals surface area (Å²) in [5.41, 5.74) is 0.850. The normalized spacial score (nSPS) is 22.8. The summed E-state index contributed by atoms with van der Waals surface area (Å²) in [7, 11) is 0. The van der Waals surface area contributed by atoms with Gasteiger partial charge in [0, 0.05) is 6.42 Å². The van der Waals surface area contributed by atoms with Crippen molar-refractivity contribution in [2.24, 2.45) is 11.1 Å². The topological polar surface area (TPSA) is 50.7 Å². The van der Waals surface area contributed by atoms with E-state index in [1.807, 2.05) is 30.3 Å². The molecule has 0 aromatic heterocycles. The van der Waals surface area contributed by atoms with Crippen molar-refractivity contribution >= 4 is 11.6 Å². The molecule has 0 radical (unpaired) electrons. The second-order valence-electron chi connectivity index (χ2n) is 6.28. The number of rotatable bonds is 4. The number of amides is 1. The highest BCUT2D eigenvalue weighted by Crippen LogP contribution is 2.36. The molecule has 3 rings (SSSR count). The number of benzene rings is 1. The predicted molar refractivity (Wildman–Crippen MR) is 82.3 cm³/mol. The third kappa shape index (κ3) is 3.71. The van der Waals surface area contributed by atoms with Gasteiger partial charge in [0.1, 0.15) is 11.8 Å². The van der Waals surface area contributed by atoms with Gasteiger partial charge in [-0.2, -0.15) is 13.2 Å². The molecule has 1 aliphatic carbocycles. The van der Waals surface area contributed by atoms with Crippen molar-refractivity contribution in [1.82, 2.24) is 5.32 Å². The fourth-order valence-electron chi connectivity index (χ4n) is 3.34. The Morgan fingerprint density at radius 1 is 1.21 bits per heavy atom. The van der Waals surface area contributed by atoms with E-state index in [1.54, 1.807) is 0 Å². The molecule has 2 atom stereocenters. The maximum absolute atomic E-state index is 13.3. The quantitative estimate of drug-likeness (QED) is 0.908. The molecule has 4 nitrogen and oxygen atoms in total. The zero-order valence-electron chi connectivity index (χ0n) is 13.1. The first-order valence-electron chi connectivity index (χ1n) is 8.10. The summed E-state index contributed by atoms with van der Waals surface area (Å²) in [6, 6.07) is 7.36. The maximum Gasteiger partial charge on any atom is 0.408 e. The number of carbonyl (C=O) groups excluding carboxylic acids is 1. The minimum Gasteiger partial charge on any atom is -0.387 e. The standard InChI is InChI=1S/C17H19F3N2O2/c18-17(19,20)15(12-8-4-5-9-12)21-16(23)13-10-14(24-22-13)11-6-2-1-3-7-11/h1-3,6-7,12,14-15H,4-5,8-10H2,(H,21,23)/t14-,15+/m0/s1. The number of nitrogens with zero attached hydrogens (tertiary/aromatic N) is 1. The lowest BCUT2D eigenvalue weighted by Gasteiger charge is -2.26. The molecule has 24 heavy (non-hydrogen) atoms. The van der Waals surface area contributed by atoms with E-state index in [4.69, 9.17) is 4.84 Å². The monoisotopic (exact) mass is 340 g/mol. The average molecular weight is 340 g/mol. The molecule has 130 valence electrons. The lowest BCUT2D eigenvalue weighted by Crippen LogP contribution is -2.51. The van der Waals surface area contributed by atoms with Gasteiger partial charge in [0.25, 0.3) is 5.91 Å². The van der Waals surface area contributed by atoms with Gasteiger partial charge in [-0.15, -0.1) is 0 Å². The van der Waals surface area contributed by atoms with Crippen LogP contribution in [0.3, 0.4) is 0 Å². The summed E-state index contributed by atoms with van der Waals surface area (Å²) >= 11 is 0. The first-order valence-corrected chi connectivity index (χ1v) is 8.10. The van der Waals surface area contributed by atoms with E-state index in [0.29, 0.717) is 12.8 Å². The van der Waals surface area contributed by atoms with Gasteiger partial charge in [-0.05, 0) is 24.3 Å². The van der Waals surface area contributed by atoms with Crippen LogP contribution in [0.4, 0.5) is 13.2 Å². The highest BCUT2D eigenvalue weighted by molar-refractivity contribution is 6.39. The van der Waals surface area contributed by atoms with Crippen LogP contribution < -0.4 is 5.32 Å². The molecule has 2 aliphatic rings. The highest BCUT2D eigenvalue weighted by atomic mass is 19.4. The SMILES string of the molecule is O=C(N[C@H](C1CCCC1)C(F)(F)F)C1=NO[C@H](c2ccccc2)C1. The van der Waals surface area contributed by atoms with Crippen LogP contribution in [-0.2, 0) is 9.63 Å². The molecule has 1 aromatic rings. The minimum absolute atomic E-state index is 0.0103. The number of nitrogens with one attached hydrogen (secondary N) is 1. The van der Waals surface area contributed by atoms with Crippen molar-refractivity contribution in [3.8, 4) is 0 Å². The number of hydrogen-bond acceptors (Lipinski definition) is 3. The minimum atomic E-state index is -4.45. The number of carbonyl (C=O) groups is 1. The summed E-state index contributed by atoms with van der Waals surface area (Å²) in [5.74, 6) is -1.34. The Hall–Kier alpha value is -2.05. The summed E-state index contributed by atoms with van der Waals surface area (Å²) in [6.07, 6.45) is -2.20. The largest absolute Gasteiger partial charge is 0.408 e. The van der Waals surface area contributed by atoms with Crippen LogP contribution in [-0.4, -0.2) is 23.8 Å². The van der Waals surface area contributed by atoms with Crippen LogP contribution in [0.5, 0.6) is 0 Å². The maximum atomic E-state index is 13.3. The third-order valence-electron chi connectivity index (χ3n) is 4.61. The highest BCUT2D eigenvalue weighted by Gasteiger charge is 2.47. The van der Waals surface area contributed by atoms with Crippen molar-refractivity contribution in [3.63, 3.8) is 0 Å². The van der Waals surface area contributed by atoms with E-state index in [9.17, 15) is 18.0 Å². The van der Waals surface area contributed by atoms with Crippen molar-refractivity contribution in [3.05, 3.63) is 35.9 Å². The van der Waals surface area contributed by atoms with Gasteiger partial charge in [0.15, 0.2) is 6.10 Å². The lowest BCUT2D eigenvalue weighted by atomic mass is 9.97. The first-order chi connectivity index (χ1) is 11.4. The summed E-state index contributed by atoms with van der Waals surface area (Å²) in [5, 5.41) is 5.83. The van der Waals surface area contributed by atoms with Gasteiger partial charge in [-0.25, -0.2) is 0 Å². The third-order valence-corrected chi connectivity index (χ3v) is 4.61. The van der Waals surface area contributed by atoms with E-state index in [2.05, 4.69) is 10.5 Å². The van der Waals surface area contributed by atoms with Crippen LogP contribution in [0.1, 0.15) is 43.8 Å². The molecule has 0 bridgehead atoms. The Bertz CT molecular complexity index is 610.